The van der Waals surface area contributed by atoms with Crippen LogP contribution in [0.5, 0.6) is 0 Å². The molecule has 1 aromatic carbocycles. The number of hydrogen-bond donors (Lipinski definition) is 1. The van der Waals surface area contributed by atoms with Crippen molar-refractivity contribution in [1.29, 1.82) is 0 Å². The van der Waals surface area contributed by atoms with E-state index < -0.39 is 10.8 Å². The SMILES string of the molecule is Cc1ccc([C@@H](Br)C(=O)O)cc1. The predicted molar refractivity (Wildman–Crippen MR) is 50.5 cm³/mol. The molecule has 0 aromatic heterocycles. The van der Waals surface area contributed by atoms with Crippen molar-refractivity contribution in [3.05, 3.63) is 35.4 Å². The van der Waals surface area contributed by atoms with Gasteiger partial charge in [0, 0.05) is 0 Å². The van der Waals surface area contributed by atoms with E-state index >= 15 is 0 Å². The van der Waals surface area contributed by atoms with Gasteiger partial charge in [0.05, 0.1) is 0 Å². The highest BCUT2D eigenvalue weighted by Gasteiger charge is 2.14. The molecule has 2 nitrogen and oxygen atoms in total. The van der Waals surface area contributed by atoms with E-state index in [-0.39, 0.29) is 0 Å². The molecule has 3 heteroatoms. The van der Waals surface area contributed by atoms with Gasteiger partial charge < -0.3 is 5.11 Å². The molecule has 1 atom stereocenters. The zero-order valence-electron chi connectivity index (χ0n) is 6.62. The summed E-state index contributed by atoms with van der Waals surface area (Å²) < 4.78 is 0. The molecule has 1 N–H and O–H groups in total. The Labute approximate surface area is 79.3 Å². The zero-order valence-corrected chi connectivity index (χ0v) is 8.21. The van der Waals surface area contributed by atoms with E-state index in [1.54, 1.807) is 0 Å². The lowest BCUT2D eigenvalue weighted by atomic mass is 10.1. The fraction of sp³-hybridized carbons (Fsp3) is 0.222. The van der Waals surface area contributed by atoms with Crippen molar-refractivity contribution in [2.24, 2.45) is 0 Å². The van der Waals surface area contributed by atoms with Gasteiger partial charge >= 0.3 is 5.97 Å². The molecule has 0 aliphatic rings. The van der Waals surface area contributed by atoms with E-state index in [1.165, 1.54) is 0 Å². The van der Waals surface area contributed by atoms with Gasteiger partial charge in [-0.3, -0.25) is 4.79 Å². The fourth-order valence-corrected chi connectivity index (χ4v) is 1.18. The molecule has 0 saturated carbocycles. The average molecular weight is 229 g/mol. The maximum absolute atomic E-state index is 10.5. The van der Waals surface area contributed by atoms with Gasteiger partial charge in [0.2, 0.25) is 0 Å². The van der Waals surface area contributed by atoms with E-state index in [1.807, 2.05) is 31.2 Å². The van der Waals surface area contributed by atoms with E-state index in [0.717, 1.165) is 11.1 Å². The first-order chi connectivity index (χ1) is 5.61. The molecular weight excluding hydrogens is 220 g/mol. The van der Waals surface area contributed by atoms with Crippen LogP contribution in [0, 0.1) is 6.92 Å². The number of carboxylic acid groups (broad SMARTS) is 1. The molecule has 1 rings (SSSR count). The third-order valence-electron chi connectivity index (χ3n) is 1.59. The minimum absolute atomic E-state index is 0.599. The minimum Gasteiger partial charge on any atom is -0.480 e. The van der Waals surface area contributed by atoms with Crippen LogP contribution in [-0.4, -0.2) is 11.1 Å². The summed E-state index contributed by atoms with van der Waals surface area (Å²) in [6.45, 7) is 1.97. The van der Waals surface area contributed by atoms with Crippen molar-refractivity contribution < 1.29 is 9.90 Å². The molecular formula is C9H9BrO2. The van der Waals surface area contributed by atoms with Gasteiger partial charge in [-0.2, -0.15) is 0 Å². The van der Waals surface area contributed by atoms with Crippen LogP contribution < -0.4 is 0 Å². The molecule has 0 bridgehead atoms. The maximum Gasteiger partial charge on any atom is 0.321 e. The summed E-state index contributed by atoms with van der Waals surface area (Å²) in [6, 6.07) is 7.41. The second-order valence-corrected chi connectivity index (χ2v) is 3.53. The van der Waals surface area contributed by atoms with Gasteiger partial charge in [0.25, 0.3) is 0 Å². The van der Waals surface area contributed by atoms with Crippen LogP contribution in [0.25, 0.3) is 0 Å². The number of halogens is 1. The predicted octanol–water partition coefficient (Wildman–Crippen LogP) is 2.52. The summed E-state index contributed by atoms with van der Waals surface area (Å²) in [5, 5.41) is 8.66. The van der Waals surface area contributed by atoms with Crippen LogP contribution in [0.3, 0.4) is 0 Å². The van der Waals surface area contributed by atoms with E-state index in [4.69, 9.17) is 5.11 Å². The first-order valence-electron chi connectivity index (χ1n) is 3.54. The standard InChI is InChI=1S/C9H9BrO2/c1-6-2-4-7(5-3-6)8(10)9(11)12/h2-5,8H,1H3,(H,11,12)/t8-/m1/s1. The number of carbonyl (C=O) groups is 1. The van der Waals surface area contributed by atoms with Crippen molar-refractivity contribution in [3.8, 4) is 0 Å². The number of benzene rings is 1. The zero-order chi connectivity index (χ0) is 9.14. The van der Waals surface area contributed by atoms with Gasteiger partial charge in [-0.1, -0.05) is 45.8 Å². The molecule has 12 heavy (non-hydrogen) atoms. The van der Waals surface area contributed by atoms with Crippen LogP contribution in [0.15, 0.2) is 24.3 Å². The lowest BCUT2D eigenvalue weighted by molar-refractivity contribution is -0.136. The monoisotopic (exact) mass is 228 g/mol. The summed E-state index contributed by atoms with van der Waals surface area (Å²) in [4.78, 5) is 9.94. The molecule has 0 fully saturated rings. The average Bonchev–Trinajstić information content (AvgIpc) is 2.04. The molecule has 64 valence electrons. The topological polar surface area (TPSA) is 37.3 Å². The summed E-state index contributed by atoms with van der Waals surface area (Å²) in [6.07, 6.45) is 0. The van der Waals surface area contributed by atoms with E-state index in [0.29, 0.717) is 0 Å². The fourth-order valence-electron chi connectivity index (χ4n) is 0.878. The summed E-state index contributed by atoms with van der Waals surface area (Å²) in [5.74, 6) is -0.862. The van der Waals surface area contributed by atoms with Gasteiger partial charge in [-0.25, -0.2) is 0 Å². The summed E-state index contributed by atoms with van der Waals surface area (Å²) in [7, 11) is 0. The Hall–Kier alpha value is -0.830. The normalized spacial score (nSPS) is 12.5. The number of alkyl halides is 1. The van der Waals surface area contributed by atoms with Crippen LogP contribution in [0.4, 0.5) is 0 Å². The largest absolute Gasteiger partial charge is 0.480 e. The smallest absolute Gasteiger partial charge is 0.321 e. The number of rotatable bonds is 2. The quantitative estimate of drug-likeness (QED) is 0.791. The molecule has 0 saturated heterocycles. The molecule has 0 amide bonds. The van der Waals surface area contributed by atoms with E-state index in [9.17, 15) is 4.79 Å². The lowest BCUT2D eigenvalue weighted by Crippen LogP contribution is -2.03. The highest BCUT2D eigenvalue weighted by atomic mass is 79.9. The van der Waals surface area contributed by atoms with Gasteiger partial charge in [0.15, 0.2) is 0 Å². The van der Waals surface area contributed by atoms with Gasteiger partial charge in [-0.15, -0.1) is 0 Å². The molecule has 0 spiro atoms. The van der Waals surface area contributed by atoms with Crippen molar-refractivity contribution in [2.45, 2.75) is 11.8 Å². The number of carboxylic acids is 1. The lowest BCUT2D eigenvalue weighted by Gasteiger charge is -2.04. The number of hydrogen-bond acceptors (Lipinski definition) is 1. The van der Waals surface area contributed by atoms with Crippen molar-refractivity contribution in [2.75, 3.05) is 0 Å². The van der Waals surface area contributed by atoms with Gasteiger partial charge in [0.1, 0.15) is 4.83 Å². The number of aryl methyl sites for hydroxylation is 1. The first kappa shape index (κ1) is 9.26. The highest BCUT2D eigenvalue weighted by Crippen LogP contribution is 2.22. The van der Waals surface area contributed by atoms with E-state index in [2.05, 4.69) is 15.9 Å². The summed E-state index contributed by atoms with van der Waals surface area (Å²) in [5.41, 5.74) is 1.90. The third kappa shape index (κ3) is 2.08. The Morgan fingerprint density at radius 1 is 1.42 bits per heavy atom. The molecule has 1 aromatic rings. The minimum atomic E-state index is -0.862. The first-order valence-corrected chi connectivity index (χ1v) is 4.46. The molecule has 0 unspecified atom stereocenters. The summed E-state index contributed by atoms with van der Waals surface area (Å²) >= 11 is 3.08. The second kappa shape index (κ2) is 3.72. The van der Waals surface area contributed by atoms with Gasteiger partial charge in [-0.05, 0) is 12.5 Å². The Morgan fingerprint density at radius 2 is 1.92 bits per heavy atom. The Bertz CT molecular complexity index is 279. The Balaban J connectivity index is 2.89. The molecule has 0 aliphatic heterocycles. The van der Waals surface area contributed by atoms with Crippen LogP contribution >= 0.6 is 15.9 Å². The third-order valence-corrected chi connectivity index (χ3v) is 2.51. The van der Waals surface area contributed by atoms with Crippen LogP contribution in [0.2, 0.25) is 0 Å². The second-order valence-electron chi connectivity index (χ2n) is 2.61. The van der Waals surface area contributed by atoms with Crippen molar-refractivity contribution >= 4 is 21.9 Å². The highest BCUT2D eigenvalue weighted by molar-refractivity contribution is 9.09. The Morgan fingerprint density at radius 3 is 2.33 bits per heavy atom. The van der Waals surface area contributed by atoms with Crippen LogP contribution in [0.1, 0.15) is 16.0 Å². The van der Waals surface area contributed by atoms with Crippen molar-refractivity contribution in [1.82, 2.24) is 0 Å². The molecule has 0 heterocycles. The van der Waals surface area contributed by atoms with Crippen LogP contribution in [-0.2, 0) is 4.79 Å². The molecule has 0 aliphatic carbocycles. The molecule has 0 radical (unpaired) electrons. The number of aliphatic carboxylic acids is 1. The van der Waals surface area contributed by atoms with Crippen molar-refractivity contribution in [3.63, 3.8) is 0 Å². The maximum atomic E-state index is 10.5. The Kier molecular flexibility index (Phi) is 2.87.